The van der Waals surface area contributed by atoms with E-state index in [4.69, 9.17) is 10.8 Å². The molecule has 0 saturated heterocycles. The molecule has 3 nitrogen and oxygen atoms in total. The summed E-state index contributed by atoms with van der Waals surface area (Å²) < 4.78 is 0. The summed E-state index contributed by atoms with van der Waals surface area (Å²) in [7, 11) is 0. The fraction of sp³-hybridized carbons (Fsp3) is 0.231. The molecule has 0 amide bonds. The molecule has 0 saturated carbocycles. The summed E-state index contributed by atoms with van der Waals surface area (Å²) in [5, 5.41) is 8.88. The monoisotopic (exact) mass is 216 g/mol. The minimum Gasteiger partial charge on any atom is -0.395 e. The predicted molar refractivity (Wildman–Crippen MR) is 65.0 cm³/mol. The van der Waals surface area contributed by atoms with Crippen molar-refractivity contribution in [3.05, 3.63) is 48.2 Å². The van der Waals surface area contributed by atoms with E-state index in [2.05, 4.69) is 17.1 Å². The van der Waals surface area contributed by atoms with E-state index in [0.717, 1.165) is 17.0 Å². The van der Waals surface area contributed by atoms with Gasteiger partial charge in [-0.15, -0.1) is 0 Å². The molecule has 1 atom stereocenters. The van der Waals surface area contributed by atoms with Crippen LogP contribution in [-0.4, -0.2) is 22.7 Å². The molecule has 2 aromatic rings. The molecule has 0 fully saturated rings. The van der Waals surface area contributed by atoms with Crippen LogP contribution in [0.5, 0.6) is 0 Å². The highest BCUT2D eigenvalue weighted by atomic mass is 16.3. The van der Waals surface area contributed by atoms with Crippen molar-refractivity contribution in [2.45, 2.75) is 12.5 Å². The molecule has 1 heterocycles. The molecule has 2 rings (SSSR count). The van der Waals surface area contributed by atoms with Gasteiger partial charge in [0.1, 0.15) is 0 Å². The van der Waals surface area contributed by atoms with Gasteiger partial charge in [0.25, 0.3) is 0 Å². The van der Waals surface area contributed by atoms with Gasteiger partial charge in [-0.2, -0.15) is 0 Å². The summed E-state index contributed by atoms with van der Waals surface area (Å²) in [6.45, 7) is 0.0136. The largest absolute Gasteiger partial charge is 0.395 e. The summed E-state index contributed by atoms with van der Waals surface area (Å²) in [6, 6.07) is 14.0. The Morgan fingerprint density at radius 3 is 2.56 bits per heavy atom. The minimum absolute atomic E-state index is 0.0136. The molecular weight excluding hydrogens is 200 g/mol. The molecule has 0 radical (unpaired) electrons. The Morgan fingerprint density at radius 1 is 1.12 bits per heavy atom. The maximum absolute atomic E-state index is 8.88. The summed E-state index contributed by atoms with van der Waals surface area (Å²) in [5.41, 5.74) is 8.98. The van der Waals surface area contributed by atoms with Gasteiger partial charge in [0, 0.05) is 23.9 Å². The minimum atomic E-state index is -0.192. The number of aliphatic hydroxyl groups is 1. The Hall–Kier alpha value is -1.58. The Labute approximate surface area is 94.9 Å². The molecule has 0 spiro atoms. The second kappa shape index (κ2) is 4.96. The molecule has 0 aliphatic heterocycles. The molecule has 0 aliphatic carbocycles. The first-order chi connectivity index (χ1) is 7.79. The van der Waals surface area contributed by atoms with Crippen molar-refractivity contribution in [3.63, 3.8) is 0 Å². The number of H-pyrrole nitrogens is 1. The third-order valence-electron chi connectivity index (χ3n) is 2.55. The van der Waals surface area contributed by atoms with E-state index in [1.54, 1.807) is 0 Å². The first kappa shape index (κ1) is 10.9. The summed E-state index contributed by atoms with van der Waals surface area (Å²) in [5.74, 6) is 0. The average Bonchev–Trinajstić information content (AvgIpc) is 2.78. The van der Waals surface area contributed by atoms with Crippen LogP contribution in [0.3, 0.4) is 0 Å². The van der Waals surface area contributed by atoms with Crippen LogP contribution >= 0.6 is 0 Å². The van der Waals surface area contributed by atoms with Crippen LogP contribution in [0.4, 0.5) is 0 Å². The van der Waals surface area contributed by atoms with Gasteiger partial charge in [0.15, 0.2) is 0 Å². The van der Waals surface area contributed by atoms with Crippen LogP contribution in [0, 0.1) is 0 Å². The second-order valence-corrected chi connectivity index (χ2v) is 3.91. The van der Waals surface area contributed by atoms with E-state index in [1.165, 1.54) is 0 Å². The van der Waals surface area contributed by atoms with Crippen LogP contribution in [0.1, 0.15) is 5.69 Å². The third kappa shape index (κ3) is 2.51. The molecule has 1 aromatic carbocycles. The highest BCUT2D eigenvalue weighted by Crippen LogP contribution is 2.18. The molecule has 1 unspecified atom stereocenters. The Kier molecular flexibility index (Phi) is 3.39. The van der Waals surface area contributed by atoms with Gasteiger partial charge >= 0.3 is 0 Å². The van der Waals surface area contributed by atoms with Gasteiger partial charge < -0.3 is 15.8 Å². The van der Waals surface area contributed by atoms with Crippen molar-refractivity contribution in [2.75, 3.05) is 6.61 Å². The van der Waals surface area contributed by atoms with Gasteiger partial charge in [0.2, 0.25) is 0 Å². The van der Waals surface area contributed by atoms with E-state index in [0.29, 0.717) is 6.42 Å². The number of nitrogens with one attached hydrogen (secondary N) is 1. The highest BCUT2D eigenvalue weighted by molar-refractivity contribution is 5.59. The Bertz CT molecular complexity index is 436. The number of benzene rings is 1. The smallest absolute Gasteiger partial charge is 0.0586 e. The molecular formula is C13H16N2O. The first-order valence-electron chi connectivity index (χ1n) is 5.39. The van der Waals surface area contributed by atoms with Crippen molar-refractivity contribution in [1.29, 1.82) is 0 Å². The second-order valence-electron chi connectivity index (χ2n) is 3.91. The van der Waals surface area contributed by atoms with Crippen LogP contribution in [0.15, 0.2) is 42.5 Å². The molecule has 4 N–H and O–H groups in total. The lowest BCUT2D eigenvalue weighted by Gasteiger charge is -2.05. The number of aromatic amines is 1. The van der Waals surface area contributed by atoms with Crippen molar-refractivity contribution in [3.8, 4) is 11.3 Å². The first-order valence-corrected chi connectivity index (χ1v) is 5.39. The molecule has 84 valence electrons. The van der Waals surface area contributed by atoms with Crippen LogP contribution in [0.25, 0.3) is 11.3 Å². The quantitative estimate of drug-likeness (QED) is 0.726. The normalized spacial score (nSPS) is 12.6. The summed E-state index contributed by atoms with van der Waals surface area (Å²) >= 11 is 0. The van der Waals surface area contributed by atoms with E-state index in [9.17, 15) is 0 Å². The lowest BCUT2D eigenvalue weighted by Crippen LogP contribution is -2.26. The Morgan fingerprint density at radius 2 is 1.88 bits per heavy atom. The van der Waals surface area contributed by atoms with E-state index < -0.39 is 0 Å². The average molecular weight is 216 g/mol. The highest BCUT2D eigenvalue weighted by Gasteiger charge is 2.05. The lowest BCUT2D eigenvalue weighted by molar-refractivity contribution is 0.265. The molecule has 16 heavy (non-hydrogen) atoms. The van der Waals surface area contributed by atoms with E-state index in [1.807, 2.05) is 30.3 Å². The number of rotatable bonds is 4. The van der Waals surface area contributed by atoms with Crippen molar-refractivity contribution >= 4 is 0 Å². The van der Waals surface area contributed by atoms with Gasteiger partial charge in [-0.1, -0.05) is 30.3 Å². The number of aromatic nitrogens is 1. The Balaban J connectivity index is 2.14. The third-order valence-corrected chi connectivity index (χ3v) is 2.55. The van der Waals surface area contributed by atoms with Crippen LogP contribution in [-0.2, 0) is 6.42 Å². The summed E-state index contributed by atoms with van der Waals surface area (Å²) in [4.78, 5) is 3.30. The summed E-state index contributed by atoms with van der Waals surface area (Å²) in [6.07, 6.45) is 0.670. The van der Waals surface area contributed by atoms with Crippen LogP contribution in [0.2, 0.25) is 0 Å². The number of hydrogen-bond acceptors (Lipinski definition) is 2. The van der Waals surface area contributed by atoms with Gasteiger partial charge in [-0.05, 0) is 17.7 Å². The number of nitrogens with two attached hydrogens (primary N) is 1. The van der Waals surface area contributed by atoms with Crippen molar-refractivity contribution in [2.24, 2.45) is 5.73 Å². The zero-order valence-electron chi connectivity index (χ0n) is 9.06. The van der Waals surface area contributed by atoms with E-state index in [-0.39, 0.29) is 12.6 Å². The molecule has 0 aliphatic rings. The maximum atomic E-state index is 8.88. The molecule has 1 aromatic heterocycles. The number of aliphatic hydroxyl groups excluding tert-OH is 1. The fourth-order valence-electron chi connectivity index (χ4n) is 1.69. The number of hydrogen-bond donors (Lipinski definition) is 3. The van der Waals surface area contributed by atoms with Gasteiger partial charge in [-0.3, -0.25) is 0 Å². The fourth-order valence-corrected chi connectivity index (χ4v) is 1.69. The predicted octanol–water partition coefficient (Wildman–Crippen LogP) is 1.54. The molecule has 3 heteroatoms. The molecule has 0 bridgehead atoms. The zero-order chi connectivity index (χ0) is 11.4. The zero-order valence-corrected chi connectivity index (χ0v) is 9.06. The van der Waals surface area contributed by atoms with Crippen molar-refractivity contribution in [1.82, 2.24) is 4.98 Å². The SMILES string of the molecule is NC(CO)Cc1ccc(-c2ccccc2)[nH]1. The maximum Gasteiger partial charge on any atom is 0.0586 e. The standard InChI is InChI=1S/C13H16N2O/c14-11(9-16)8-12-6-7-13(15-12)10-4-2-1-3-5-10/h1-7,11,15-16H,8-9,14H2. The van der Waals surface area contributed by atoms with Crippen molar-refractivity contribution < 1.29 is 5.11 Å². The van der Waals surface area contributed by atoms with Gasteiger partial charge in [-0.25, -0.2) is 0 Å². The van der Waals surface area contributed by atoms with E-state index >= 15 is 0 Å². The van der Waals surface area contributed by atoms with Crippen LogP contribution < -0.4 is 5.73 Å². The van der Waals surface area contributed by atoms with Gasteiger partial charge in [0.05, 0.1) is 6.61 Å². The lowest BCUT2D eigenvalue weighted by atomic mass is 10.2. The topological polar surface area (TPSA) is 62.0 Å².